The van der Waals surface area contributed by atoms with E-state index in [2.05, 4.69) is 10.4 Å². The molecule has 1 heterocycles. The Hall–Kier alpha value is -3.85. The van der Waals surface area contributed by atoms with E-state index in [0.717, 1.165) is 15.8 Å². The van der Waals surface area contributed by atoms with E-state index in [0.29, 0.717) is 11.8 Å². The number of para-hydroxylation sites is 1. The van der Waals surface area contributed by atoms with Crippen LogP contribution >= 0.6 is 11.6 Å². The molecule has 4 rings (SSSR count). The van der Waals surface area contributed by atoms with Crippen LogP contribution in [-0.4, -0.2) is 22.3 Å². The number of ether oxygens (including phenoxy) is 1. The zero-order chi connectivity index (χ0) is 24.3. The molecule has 0 atom stereocenters. The van der Waals surface area contributed by atoms with Gasteiger partial charge in [-0.05, 0) is 47.5 Å². The summed E-state index contributed by atoms with van der Waals surface area (Å²) < 4.78 is 59.1. The number of nitrogens with zero attached hydrogens (tertiary/aromatic N) is 2. The molecule has 0 aliphatic carbocycles. The molecule has 174 valence electrons. The van der Waals surface area contributed by atoms with Crippen LogP contribution in [0.1, 0.15) is 5.69 Å². The van der Waals surface area contributed by atoms with E-state index in [9.17, 15) is 22.4 Å². The van der Waals surface area contributed by atoms with Gasteiger partial charge < -0.3 is 10.1 Å². The lowest BCUT2D eigenvalue weighted by Crippen LogP contribution is -2.21. The molecule has 0 fully saturated rings. The van der Waals surface area contributed by atoms with Gasteiger partial charge in [-0.25, -0.2) is 4.39 Å². The second-order valence-corrected chi connectivity index (χ2v) is 7.56. The number of halogens is 5. The van der Waals surface area contributed by atoms with E-state index in [-0.39, 0.29) is 22.4 Å². The van der Waals surface area contributed by atoms with Crippen molar-refractivity contribution in [3.63, 3.8) is 0 Å². The Morgan fingerprint density at radius 1 is 0.971 bits per heavy atom. The first-order chi connectivity index (χ1) is 16.2. The van der Waals surface area contributed by atoms with Crippen LogP contribution in [0.5, 0.6) is 5.88 Å². The van der Waals surface area contributed by atoms with Crippen LogP contribution in [0.3, 0.4) is 0 Å². The third-order valence-corrected chi connectivity index (χ3v) is 5.04. The van der Waals surface area contributed by atoms with Crippen LogP contribution in [-0.2, 0) is 11.0 Å². The number of hydrogen-bond donors (Lipinski definition) is 1. The molecule has 0 bridgehead atoms. The lowest BCUT2D eigenvalue weighted by atomic mass is 10.1. The Bertz CT molecular complexity index is 1320. The van der Waals surface area contributed by atoms with E-state index in [1.165, 1.54) is 24.3 Å². The summed E-state index contributed by atoms with van der Waals surface area (Å²) in [5, 5.41) is 6.33. The summed E-state index contributed by atoms with van der Waals surface area (Å²) in [7, 11) is 0. The summed E-state index contributed by atoms with van der Waals surface area (Å²) in [6.45, 7) is -0.575. The molecule has 34 heavy (non-hydrogen) atoms. The minimum Gasteiger partial charge on any atom is -0.467 e. The largest absolute Gasteiger partial charge is 0.467 e. The van der Waals surface area contributed by atoms with Crippen LogP contribution in [0.2, 0.25) is 5.02 Å². The number of hydrogen-bond acceptors (Lipinski definition) is 3. The molecule has 4 aromatic rings. The first kappa shape index (κ1) is 23.3. The molecule has 1 aromatic heterocycles. The average Bonchev–Trinajstić information content (AvgIpc) is 3.23. The summed E-state index contributed by atoms with van der Waals surface area (Å²) >= 11 is 6.10. The molecule has 0 spiro atoms. The van der Waals surface area contributed by atoms with Gasteiger partial charge in [-0.1, -0.05) is 48.0 Å². The number of anilines is 1. The zero-order valence-corrected chi connectivity index (χ0v) is 18.1. The molecule has 0 aliphatic heterocycles. The van der Waals surface area contributed by atoms with Crippen LogP contribution in [0.4, 0.5) is 23.2 Å². The van der Waals surface area contributed by atoms with Crippen molar-refractivity contribution in [3.05, 3.63) is 95.4 Å². The topological polar surface area (TPSA) is 56.1 Å². The second-order valence-electron chi connectivity index (χ2n) is 7.15. The Balaban J connectivity index is 1.50. The number of aromatic nitrogens is 2. The van der Waals surface area contributed by atoms with Gasteiger partial charge in [0.1, 0.15) is 5.82 Å². The number of benzene rings is 3. The SMILES string of the molecule is O=C(COc1cc(C(F)(F)F)nn1-c1ccccc1Cl)Nc1cccc(-c2ccc(F)cc2)c1. The fourth-order valence-corrected chi connectivity index (χ4v) is 3.37. The second kappa shape index (κ2) is 9.56. The highest BCUT2D eigenvalue weighted by Gasteiger charge is 2.36. The van der Waals surface area contributed by atoms with Crippen molar-refractivity contribution in [2.24, 2.45) is 0 Å². The molecule has 1 N–H and O–H groups in total. The van der Waals surface area contributed by atoms with Gasteiger partial charge in [0.15, 0.2) is 12.3 Å². The summed E-state index contributed by atoms with van der Waals surface area (Å²) in [5.74, 6) is -1.26. The zero-order valence-electron chi connectivity index (χ0n) is 17.3. The highest BCUT2D eigenvalue weighted by molar-refractivity contribution is 6.32. The van der Waals surface area contributed by atoms with Crippen molar-refractivity contribution in [3.8, 4) is 22.7 Å². The van der Waals surface area contributed by atoms with E-state index in [1.807, 2.05) is 0 Å². The molecule has 0 saturated heterocycles. The Labute approximate surface area is 196 Å². The van der Waals surface area contributed by atoms with Crippen molar-refractivity contribution in [1.82, 2.24) is 9.78 Å². The summed E-state index contributed by atoms with van der Waals surface area (Å²) in [6, 6.07) is 19.6. The van der Waals surface area contributed by atoms with E-state index in [1.54, 1.807) is 48.5 Å². The molecule has 5 nitrogen and oxygen atoms in total. The first-order valence-corrected chi connectivity index (χ1v) is 10.3. The van der Waals surface area contributed by atoms with E-state index >= 15 is 0 Å². The number of nitrogens with one attached hydrogen (secondary N) is 1. The van der Waals surface area contributed by atoms with Gasteiger partial charge in [-0.15, -0.1) is 0 Å². The molecule has 0 aliphatic rings. The monoisotopic (exact) mass is 489 g/mol. The molecule has 1 amide bonds. The maximum atomic E-state index is 13.2. The van der Waals surface area contributed by atoms with Gasteiger partial charge in [-0.2, -0.15) is 23.0 Å². The van der Waals surface area contributed by atoms with Crippen LogP contribution in [0, 0.1) is 5.82 Å². The van der Waals surface area contributed by atoms with Crippen molar-refractivity contribution < 1.29 is 27.1 Å². The standard InChI is InChI=1S/C24H16ClF4N3O2/c25-19-6-1-2-7-20(19)32-23(13-21(31-32)24(27,28)29)34-14-22(33)30-18-5-3-4-16(12-18)15-8-10-17(26)11-9-15/h1-13H,14H2,(H,30,33). The molecule has 3 aromatic carbocycles. The van der Waals surface area contributed by atoms with Crippen molar-refractivity contribution in [1.29, 1.82) is 0 Å². The van der Waals surface area contributed by atoms with E-state index < -0.39 is 24.4 Å². The quantitative estimate of drug-likeness (QED) is 0.320. The number of carbonyl (C=O) groups is 1. The predicted molar refractivity (Wildman–Crippen MR) is 120 cm³/mol. The third-order valence-electron chi connectivity index (χ3n) is 4.72. The molecule has 0 saturated carbocycles. The Morgan fingerprint density at radius 2 is 1.71 bits per heavy atom. The van der Waals surface area contributed by atoms with Gasteiger partial charge in [-0.3, -0.25) is 4.79 Å². The minimum atomic E-state index is -4.71. The number of rotatable bonds is 6. The summed E-state index contributed by atoms with van der Waals surface area (Å²) in [6.07, 6.45) is -4.71. The van der Waals surface area contributed by atoms with Crippen LogP contribution in [0.15, 0.2) is 78.9 Å². The fraction of sp³-hybridized carbons (Fsp3) is 0.0833. The smallest absolute Gasteiger partial charge is 0.435 e. The third kappa shape index (κ3) is 5.37. The summed E-state index contributed by atoms with van der Waals surface area (Å²) in [4.78, 5) is 12.4. The number of alkyl halides is 3. The summed E-state index contributed by atoms with van der Waals surface area (Å²) in [5.41, 5.74) is 0.908. The lowest BCUT2D eigenvalue weighted by molar-refractivity contribution is -0.141. The van der Waals surface area contributed by atoms with Gasteiger partial charge in [0.25, 0.3) is 5.91 Å². The molecule has 0 unspecified atom stereocenters. The maximum Gasteiger partial charge on any atom is 0.435 e. The van der Waals surface area contributed by atoms with Gasteiger partial charge >= 0.3 is 6.18 Å². The van der Waals surface area contributed by atoms with Gasteiger partial charge in [0, 0.05) is 11.8 Å². The number of carbonyl (C=O) groups excluding carboxylic acids is 1. The Kier molecular flexibility index (Phi) is 6.56. The van der Waals surface area contributed by atoms with Crippen molar-refractivity contribution in [2.75, 3.05) is 11.9 Å². The predicted octanol–water partition coefficient (Wildman–Crippen LogP) is 6.37. The maximum absolute atomic E-state index is 13.2. The number of amides is 1. The fourth-order valence-electron chi connectivity index (χ4n) is 3.16. The van der Waals surface area contributed by atoms with Gasteiger partial charge in [0.2, 0.25) is 5.88 Å². The Morgan fingerprint density at radius 3 is 2.41 bits per heavy atom. The molecular formula is C24H16ClF4N3O2. The molecule has 10 heteroatoms. The van der Waals surface area contributed by atoms with E-state index in [4.69, 9.17) is 16.3 Å². The molecule has 0 radical (unpaired) electrons. The lowest BCUT2D eigenvalue weighted by Gasteiger charge is -2.11. The molecular weight excluding hydrogens is 474 g/mol. The average molecular weight is 490 g/mol. The first-order valence-electron chi connectivity index (χ1n) is 9.91. The normalized spacial score (nSPS) is 11.3. The van der Waals surface area contributed by atoms with Crippen LogP contribution in [0.25, 0.3) is 16.8 Å². The highest BCUT2D eigenvalue weighted by Crippen LogP contribution is 2.33. The minimum absolute atomic E-state index is 0.159. The van der Waals surface area contributed by atoms with Crippen molar-refractivity contribution in [2.45, 2.75) is 6.18 Å². The van der Waals surface area contributed by atoms with Gasteiger partial charge in [0.05, 0.1) is 10.7 Å². The highest BCUT2D eigenvalue weighted by atomic mass is 35.5. The van der Waals surface area contributed by atoms with Crippen molar-refractivity contribution >= 4 is 23.2 Å². The van der Waals surface area contributed by atoms with Crippen LogP contribution < -0.4 is 10.1 Å².